The maximum Gasteiger partial charge on any atom is 0.303 e. The molecule has 2 bridgehead atoms. The van der Waals surface area contributed by atoms with E-state index < -0.39 is 5.97 Å². The molecule has 0 radical (unpaired) electrons. The second-order valence-electron chi connectivity index (χ2n) is 8.77. The maximum atomic E-state index is 10.8. The predicted molar refractivity (Wildman–Crippen MR) is 128 cm³/mol. The Morgan fingerprint density at radius 2 is 1.67 bits per heavy atom. The van der Waals surface area contributed by atoms with Crippen LogP contribution < -0.4 is 0 Å². The molecule has 0 heterocycles. The molecule has 3 atom stereocenters. The summed E-state index contributed by atoms with van der Waals surface area (Å²) in [7, 11) is 0. The Kier molecular flexibility index (Phi) is 12.4. The molecular formula is C26H39BrO3. The van der Waals surface area contributed by atoms with Crippen LogP contribution in [0.25, 0.3) is 0 Å². The molecule has 168 valence electrons. The lowest BCUT2D eigenvalue weighted by atomic mass is 10.0. The van der Waals surface area contributed by atoms with Gasteiger partial charge in [-0.3, -0.25) is 4.79 Å². The van der Waals surface area contributed by atoms with Crippen molar-refractivity contribution >= 4 is 21.9 Å². The Hall–Kier alpha value is -1.13. The first kappa shape index (κ1) is 25.1. The third-order valence-electron chi connectivity index (χ3n) is 6.13. The van der Waals surface area contributed by atoms with Crippen molar-refractivity contribution in [2.75, 3.05) is 0 Å². The van der Waals surface area contributed by atoms with Gasteiger partial charge < -0.3 is 9.84 Å². The Bertz CT molecular complexity index is 614. The zero-order valence-corrected chi connectivity index (χ0v) is 20.1. The highest BCUT2D eigenvalue weighted by Gasteiger charge is 2.25. The van der Waals surface area contributed by atoms with Crippen LogP contribution in [0.5, 0.6) is 0 Å². The molecule has 3 unspecified atom stereocenters. The quantitative estimate of drug-likeness (QED) is 0.231. The van der Waals surface area contributed by atoms with Crippen molar-refractivity contribution in [1.82, 2.24) is 0 Å². The molecule has 0 saturated heterocycles. The molecule has 3 rings (SSSR count). The number of benzene rings is 1. The average Bonchev–Trinajstić information content (AvgIpc) is 3.39. The maximum absolute atomic E-state index is 10.8. The molecule has 1 aromatic rings. The second kappa shape index (κ2) is 14.8. The van der Waals surface area contributed by atoms with Crippen molar-refractivity contribution in [1.29, 1.82) is 0 Å². The summed E-state index contributed by atoms with van der Waals surface area (Å²) in [6.45, 7) is 2.77. The van der Waals surface area contributed by atoms with E-state index in [0.29, 0.717) is 13.0 Å². The van der Waals surface area contributed by atoms with Crippen molar-refractivity contribution in [3.63, 3.8) is 0 Å². The summed E-state index contributed by atoms with van der Waals surface area (Å²) in [4.78, 5) is 10.8. The number of halogens is 1. The highest BCUT2D eigenvalue weighted by Crippen LogP contribution is 2.38. The van der Waals surface area contributed by atoms with Gasteiger partial charge in [0.05, 0.1) is 12.7 Å². The molecule has 1 aromatic carbocycles. The number of hydrogen-bond donors (Lipinski definition) is 1. The first-order valence-corrected chi connectivity index (χ1v) is 12.6. The summed E-state index contributed by atoms with van der Waals surface area (Å²) >= 11 is 3.42. The number of hydrogen-bond acceptors (Lipinski definition) is 2. The topological polar surface area (TPSA) is 46.5 Å². The van der Waals surface area contributed by atoms with Crippen LogP contribution in [0, 0.1) is 11.8 Å². The number of aliphatic carboxylic acids is 1. The molecule has 1 saturated carbocycles. The Morgan fingerprint density at radius 3 is 2.20 bits per heavy atom. The van der Waals surface area contributed by atoms with Crippen LogP contribution in [0.1, 0.15) is 89.5 Å². The number of rotatable bonds is 13. The number of carboxylic acid groups (broad SMARTS) is 1. The molecule has 0 amide bonds. The number of fused-ring (bicyclic) bond motifs is 2. The first-order chi connectivity index (χ1) is 14.6. The highest BCUT2D eigenvalue weighted by molar-refractivity contribution is 9.10. The Morgan fingerprint density at radius 1 is 1.03 bits per heavy atom. The molecule has 1 fully saturated rings. The number of carbonyl (C=O) groups is 1. The third-order valence-corrected chi connectivity index (χ3v) is 6.66. The third kappa shape index (κ3) is 10.8. The molecule has 30 heavy (non-hydrogen) atoms. The van der Waals surface area contributed by atoms with Crippen molar-refractivity contribution < 1.29 is 14.6 Å². The van der Waals surface area contributed by atoms with Gasteiger partial charge in [-0.25, -0.2) is 0 Å². The normalized spacial score (nSPS) is 20.1. The van der Waals surface area contributed by atoms with E-state index in [1.54, 1.807) is 0 Å². The minimum absolute atomic E-state index is 0.0425. The molecule has 2 aliphatic carbocycles. The monoisotopic (exact) mass is 478 g/mol. The van der Waals surface area contributed by atoms with E-state index in [1.165, 1.54) is 51.4 Å². The summed E-state index contributed by atoms with van der Waals surface area (Å²) in [6, 6.07) is 8.06. The van der Waals surface area contributed by atoms with Gasteiger partial charge in [-0.05, 0) is 61.6 Å². The van der Waals surface area contributed by atoms with Crippen molar-refractivity contribution in [3.8, 4) is 0 Å². The van der Waals surface area contributed by atoms with Gasteiger partial charge in [0.15, 0.2) is 0 Å². The van der Waals surface area contributed by atoms with E-state index in [4.69, 9.17) is 9.84 Å². The molecule has 0 aromatic heterocycles. The summed E-state index contributed by atoms with van der Waals surface area (Å²) < 4.78 is 7.02. The standard InChI is InChI=1S/C19H29BrO3.C7H10/c1-2-3-4-5-6-7-8-18(13-14-19(21)22)23-15-16-9-11-17(20)12-10-16;1-2-7-4-3-6(1)5-7/h9-12,18H,2-8,13-15H2,1H3,(H,21,22);1-2,6-7H,3-5H2. The van der Waals surface area contributed by atoms with Crippen molar-refractivity contribution in [2.24, 2.45) is 11.8 Å². The van der Waals surface area contributed by atoms with Crippen LogP contribution in [-0.4, -0.2) is 17.2 Å². The predicted octanol–water partition coefficient (Wildman–Crippen LogP) is 7.92. The van der Waals surface area contributed by atoms with E-state index in [9.17, 15) is 4.79 Å². The largest absolute Gasteiger partial charge is 0.481 e. The Balaban J connectivity index is 0.000000375. The van der Waals surface area contributed by atoms with Crippen LogP contribution in [0.15, 0.2) is 40.9 Å². The molecule has 1 N–H and O–H groups in total. The SMILES string of the molecule is C1=CC2CCC1C2.CCCCCCCCC(CCC(=O)O)OCc1ccc(Br)cc1. The van der Waals surface area contributed by atoms with Gasteiger partial charge >= 0.3 is 5.97 Å². The Labute approximate surface area is 191 Å². The van der Waals surface area contributed by atoms with Gasteiger partial charge in [0, 0.05) is 10.9 Å². The van der Waals surface area contributed by atoms with Crippen LogP contribution in [-0.2, 0) is 16.1 Å². The lowest BCUT2D eigenvalue weighted by Crippen LogP contribution is -2.15. The lowest BCUT2D eigenvalue weighted by molar-refractivity contribution is -0.138. The van der Waals surface area contributed by atoms with Gasteiger partial charge in [-0.1, -0.05) is 85.7 Å². The second-order valence-corrected chi connectivity index (χ2v) is 9.68. The number of carboxylic acids is 1. The van der Waals surface area contributed by atoms with Crippen molar-refractivity contribution in [3.05, 3.63) is 46.5 Å². The lowest BCUT2D eigenvalue weighted by Gasteiger charge is -2.17. The van der Waals surface area contributed by atoms with Gasteiger partial charge in [-0.2, -0.15) is 0 Å². The van der Waals surface area contributed by atoms with Gasteiger partial charge in [-0.15, -0.1) is 0 Å². The van der Waals surface area contributed by atoms with Crippen LogP contribution in [0.2, 0.25) is 0 Å². The molecule has 4 heteroatoms. The van der Waals surface area contributed by atoms with Crippen molar-refractivity contribution in [2.45, 2.75) is 96.7 Å². The fourth-order valence-corrected chi connectivity index (χ4v) is 4.52. The molecule has 0 spiro atoms. The fraction of sp³-hybridized carbons (Fsp3) is 0.654. The fourth-order valence-electron chi connectivity index (χ4n) is 4.26. The summed E-state index contributed by atoms with van der Waals surface area (Å²) in [5.74, 6) is 1.24. The van der Waals surface area contributed by atoms with E-state index in [-0.39, 0.29) is 12.5 Å². The summed E-state index contributed by atoms with van der Waals surface area (Å²) in [5, 5.41) is 8.89. The van der Waals surface area contributed by atoms with Crippen LogP contribution in [0.4, 0.5) is 0 Å². The first-order valence-electron chi connectivity index (χ1n) is 11.8. The van der Waals surface area contributed by atoms with Gasteiger partial charge in [0.1, 0.15) is 0 Å². The number of unbranched alkanes of at least 4 members (excludes halogenated alkanes) is 5. The minimum atomic E-state index is -0.745. The minimum Gasteiger partial charge on any atom is -0.481 e. The van der Waals surface area contributed by atoms with Gasteiger partial charge in [0.25, 0.3) is 0 Å². The average molecular weight is 479 g/mol. The molecule has 3 nitrogen and oxygen atoms in total. The smallest absolute Gasteiger partial charge is 0.303 e. The zero-order chi connectivity index (χ0) is 21.6. The number of ether oxygens (including phenoxy) is 1. The molecule has 2 aliphatic rings. The summed E-state index contributed by atoms with van der Waals surface area (Å²) in [5.41, 5.74) is 1.12. The zero-order valence-electron chi connectivity index (χ0n) is 18.5. The van der Waals surface area contributed by atoms with Crippen LogP contribution in [0.3, 0.4) is 0 Å². The van der Waals surface area contributed by atoms with E-state index in [2.05, 4.69) is 35.0 Å². The highest BCUT2D eigenvalue weighted by atomic mass is 79.9. The van der Waals surface area contributed by atoms with Gasteiger partial charge in [0.2, 0.25) is 0 Å². The van der Waals surface area contributed by atoms with E-state index in [1.807, 2.05) is 24.3 Å². The number of allylic oxidation sites excluding steroid dienone is 2. The molecular weight excluding hydrogens is 440 g/mol. The molecule has 0 aliphatic heterocycles. The van der Waals surface area contributed by atoms with E-state index >= 15 is 0 Å². The van der Waals surface area contributed by atoms with Crippen LogP contribution >= 0.6 is 15.9 Å². The van der Waals surface area contributed by atoms with E-state index in [0.717, 1.165) is 34.7 Å². The summed E-state index contributed by atoms with van der Waals surface area (Å²) in [6.07, 6.45) is 18.4.